The Kier molecular flexibility index (Phi) is 11.6. The number of hydrogen-bond acceptors (Lipinski definition) is 6. The van der Waals surface area contributed by atoms with Crippen LogP contribution in [-0.2, 0) is 17.4 Å². The van der Waals surface area contributed by atoms with Crippen LogP contribution in [0.5, 0.6) is 0 Å². The molecule has 0 radical (unpaired) electrons. The third kappa shape index (κ3) is 8.22. The first-order valence-electron chi connectivity index (χ1n) is 13.8. The lowest BCUT2D eigenvalue weighted by Crippen LogP contribution is -2.51. The van der Waals surface area contributed by atoms with Crippen molar-refractivity contribution in [2.45, 2.75) is 58.8 Å². The lowest BCUT2D eigenvalue weighted by Gasteiger charge is -2.39. The SMILES string of the molecule is C/C=C\CC1N=C(C2CCN(C(=O)Cc3ccccc3C(F)(F)F)CC2C)N(c2ncccn2)N1C.CC/C=C/F. The van der Waals surface area contributed by atoms with E-state index >= 15 is 0 Å². The number of benzene rings is 1. The number of alkyl halides is 3. The van der Waals surface area contributed by atoms with Gasteiger partial charge in [-0.2, -0.15) is 18.2 Å². The van der Waals surface area contributed by atoms with Gasteiger partial charge in [0.2, 0.25) is 11.9 Å². The molecule has 1 fully saturated rings. The normalized spacial score (nSPS) is 21.8. The van der Waals surface area contributed by atoms with Gasteiger partial charge in [-0.1, -0.05) is 50.3 Å². The number of aliphatic imine (C=N–C) groups is 1. The van der Waals surface area contributed by atoms with Crippen LogP contribution in [0, 0.1) is 11.8 Å². The van der Waals surface area contributed by atoms with Crippen molar-refractivity contribution < 1.29 is 22.4 Å². The van der Waals surface area contributed by atoms with Gasteiger partial charge in [-0.25, -0.2) is 24.4 Å². The Hall–Kier alpha value is -3.60. The summed E-state index contributed by atoms with van der Waals surface area (Å²) in [5.41, 5.74) is -0.749. The van der Waals surface area contributed by atoms with Gasteiger partial charge in [-0.15, -0.1) is 0 Å². The van der Waals surface area contributed by atoms with Crippen molar-refractivity contribution in [3.05, 3.63) is 78.4 Å². The van der Waals surface area contributed by atoms with Gasteiger partial charge in [0.15, 0.2) is 0 Å². The molecule has 0 aliphatic carbocycles. The maximum absolute atomic E-state index is 13.4. The fourth-order valence-electron chi connectivity index (χ4n) is 5.02. The van der Waals surface area contributed by atoms with Crippen LogP contribution >= 0.6 is 0 Å². The number of halogens is 4. The highest BCUT2D eigenvalue weighted by molar-refractivity contribution is 5.99. The minimum absolute atomic E-state index is 0.00536. The summed E-state index contributed by atoms with van der Waals surface area (Å²) in [6, 6.07) is 7.04. The fourth-order valence-corrected chi connectivity index (χ4v) is 5.02. The van der Waals surface area contributed by atoms with Crippen LogP contribution in [0.4, 0.5) is 23.5 Å². The van der Waals surface area contributed by atoms with Crippen LogP contribution in [0.15, 0.2) is 72.3 Å². The van der Waals surface area contributed by atoms with Gasteiger partial charge in [0.1, 0.15) is 12.0 Å². The quantitative estimate of drug-likeness (QED) is 0.281. The predicted octanol–water partition coefficient (Wildman–Crippen LogP) is 6.46. The van der Waals surface area contributed by atoms with E-state index in [1.54, 1.807) is 23.4 Å². The zero-order valence-corrected chi connectivity index (χ0v) is 23.9. The molecule has 41 heavy (non-hydrogen) atoms. The molecule has 0 saturated carbocycles. The predicted molar refractivity (Wildman–Crippen MR) is 152 cm³/mol. The maximum atomic E-state index is 13.4. The monoisotopic (exact) mass is 574 g/mol. The Morgan fingerprint density at radius 1 is 1.12 bits per heavy atom. The highest BCUT2D eigenvalue weighted by Crippen LogP contribution is 2.34. The Morgan fingerprint density at radius 3 is 2.41 bits per heavy atom. The molecule has 11 heteroatoms. The second-order valence-electron chi connectivity index (χ2n) is 10.0. The zero-order chi connectivity index (χ0) is 30.0. The number of hydrogen-bond donors (Lipinski definition) is 0. The number of piperidine rings is 1. The molecule has 0 spiro atoms. The molecule has 222 valence electrons. The summed E-state index contributed by atoms with van der Waals surface area (Å²) in [5.74, 6) is 1.21. The second kappa shape index (κ2) is 14.9. The van der Waals surface area contributed by atoms with Crippen LogP contribution in [0.3, 0.4) is 0 Å². The van der Waals surface area contributed by atoms with Gasteiger partial charge in [0.05, 0.1) is 18.3 Å². The number of anilines is 1. The number of aromatic nitrogens is 2. The molecule has 3 atom stereocenters. The smallest absolute Gasteiger partial charge is 0.342 e. The van der Waals surface area contributed by atoms with Crippen molar-refractivity contribution >= 4 is 17.7 Å². The van der Waals surface area contributed by atoms with E-state index in [1.807, 2.05) is 37.0 Å². The first kappa shape index (κ1) is 31.9. The highest BCUT2D eigenvalue weighted by atomic mass is 19.4. The molecule has 3 heterocycles. The van der Waals surface area contributed by atoms with Gasteiger partial charge in [0, 0.05) is 44.9 Å². The van der Waals surface area contributed by atoms with Gasteiger partial charge >= 0.3 is 6.18 Å². The Labute approximate surface area is 239 Å². The molecule has 2 aliphatic heterocycles. The molecule has 2 aliphatic rings. The number of likely N-dealkylation sites (tertiary alicyclic amines) is 1. The lowest BCUT2D eigenvalue weighted by molar-refractivity contribution is -0.139. The molecular formula is C30H38F4N6O. The van der Waals surface area contributed by atoms with Crippen molar-refractivity contribution in [3.63, 3.8) is 0 Å². The molecule has 7 nitrogen and oxygen atoms in total. The van der Waals surface area contributed by atoms with E-state index in [2.05, 4.69) is 23.0 Å². The standard InChI is InChI=1S/C26H31F3N6O.C4H7F/c1-4-5-11-22-32-24(35(33(22)3)25-30-13-8-14-31-25)20-12-15-34(17-18(20)2)23(36)16-19-9-6-7-10-21(19)26(27,28)29;1-2-3-4-5/h4-10,13-14,18,20,22H,11-12,15-17H2,1-3H3;3-4H,2H2,1H3/b5-4-;4-3+. The molecule has 3 unspecified atom stereocenters. The summed E-state index contributed by atoms with van der Waals surface area (Å²) in [4.78, 5) is 28.6. The van der Waals surface area contributed by atoms with Gasteiger partial charge in [0.25, 0.3) is 0 Å². The summed E-state index contributed by atoms with van der Waals surface area (Å²) >= 11 is 0. The largest absolute Gasteiger partial charge is 0.416 e. The third-order valence-electron chi connectivity index (χ3n) is 7.15. The highest BCUT2D eigenvalue weighted by Gasteiger charge is 2.41. The molecule has 0 bridgehead atoms. The van der Waals surface area contributed by atoms with Crippen molar-refractivity contribution in [3.8, 4) is 0 Å². The van der Waals surface area contributed by atoms with Crippen LogP contribution < -0.4 is 5.01 Å². The van der Waals surface area contributed by atoms with Crippen LogP contribution in [0.1, 0.15) is 51.2 Å². The van der Waals surface area contributed by atoms with Crippen molar-refractivity contribution in [1.29, 1.82) is 0 Å². The summed E-state index contributed by atoms with van der Waals surface area (Å²) in [6.45, 7) is 6.81. The van der Waals surface area contributed by atoms with Crippen molar-refractivity contribution in [1.82, 2.24) is 19.9 Å². The molecule has 1 saturated heterocycles. The number of allylic oxidation sites excluding steroid dienone is 2. The second-order valence-corrected chi connectivity index (χ2v) is 10.0. The molecule has 2 aromatic rings. The number of nitrogens with zero attached hydrogens (tertiary/aromatic N) is 6. The molecule has 0 N–H and O–H groups in total. The molecule has 1 amide bonds. The van der Waals surface area contributed by atoms with E-state index in [0.717, 1.165) is 24.7 Å². The zero-order valence-electron chi connectivity index (χ0n) is 23.9. The van der Waals surface area contributed by atoms with E-state index in [4.69, 9.17) is 4.99 Å². The van der Waals surface area contributed by atoms with E-state index < -0.39 is 11.7 Å². The number of amides is 1. The third-order valence-corrected chi connectivity index (χ3v) is 7.15. The Bertz CT molecular complexity index is 1220. The van der Waals surface area contributed by atoms with Crippen molar-refractivity contribution in [2.75, 3.05) is 25.1 Å². The van der Waals surface area contributed by atoms with E-state index in [1.165, 1.54) is 24.3 Å². The van der Waals surface area contributed by atoms with E-state index in [9.17, 15) is 22.4 Å². The number of hydrazine groups is 1. The number of carbonyl (C=O) groups excluding carboxylic acids is 1. The Morgan fingerprint density at radius 2 is 1.83 bits per heavy atom. The van der Waals surface area contributed by atoms with Gasteiger partial charge < -0.3 is 4.90 Å². The Balaban J connectivity index is 0.000000850. The summed E-state index contributed by atoms with van der Waals surface area (Å²) < 4.78 is 51.0. The van der Waals surface area contributed by atoms with Crippen LogP contribution in [0.25, 0.3) is 0 Å². The average Bonchev–Trinajstić information content (AvgIpc) is 3.28. The maximum Gasteiger partial charge on any atom is 0.416 e. The number of carbonyl (C=O) groups is 1. The topological polar surface area (TPSA) is 64.9 Å². The molecule has 1 aromatic carbocycles. The first-order valence-corrected chi connectivity index (χ1v) is 13.8. The number of amidine groups is 1. The van der Waals surface area contributed by atoms with Crippen molar-refractivity contribution in [2.24, 2.45) is 16.8 Å². The summed E-state index contributed by atoms with van der Waals surface area (Å²) in [5, 5.41) is 3.98. The van der Waals surface area contributed by atoms with Crippen LogP contribution in [-0.4, -0.2) is 57.9 Å². The van der Waals surface area contributed by atoms with E-state index in [-0.39, 0.29) is 35.9 Å². The van der Waals surface area contributed by atoms with Gasteiger partial charge in [-0.3, -0.25) is 4.79 Å². The minimum Gasteiger partial charge on any atom is -0.342 e. The molecule has 1 aromatic heterocycles. The number of rotatable bonds is 7. The molecular weight excluding hydrogens is 536 g/mol. The van der Waals surface area contributed by atoms with Gasteiger partial charge in [-0.05, 0) is 43.4 Å². The summed E-state index contributed by atoms with van der Waals surface area (Å²) in [7, 11) is 1.96. The average molecular weight is 575 g/mol. The molecule has 4 rings (SSSR count). The fraction of sp³-hybridized carbons (Fsp3) is 0.467. The minimum atomic E-state index is -4.49. The summed E-state index contributed by atoms with van der Waals surface area (Å²) in [6.07, 6.45) is 6.79. The first-order chi connectivity index (χ1) is 19.6. The van der Waals surface area contributed by atoms with Crippen LogP contribution in [0.2, 0.25) is 0 Å². The van der Waals surface area contributed by atoms with E-state index in [0.29, 0.717) is 31.8 Å². The lowest BCUT2D eigenvalue weighted by atomic mass is 9.85.